The Balaban J connectivity index is 1.48. The molecule has 0 aliphatic carbocycles. The molecule has 0 spiro atoms. The van der Waals surface area contributed by atoms with Crippen molar-refractivity contribution >= 4 is 35.7 Å². The fourth-order valence-corrected chi connectivity index (χ4v) is 5.49. The summed E-state index contributed by atoms with van der Waals surface area (Å²) in [5.74, 6) is -2.99. The number of carbonyl (C=O) groups excluding carboxylic acids is 4. The van der Waals surface area contributed by atoms with E-state index in [4.69, 9.17) is 4.74 Å². The number of likely N-dealkylation sites (tertiary alicyclic amines) is 1. The van der Waals surface area contributed by atoms with Gasteiger partial charge < -0.3 is 40.3 Å². The molecule has 2 saturated heterocycles. The molecule has 4 rings (SSSR count). The number of carboxylic acid groups (broad SMARTS) is 2. The number of aliphatic carboxylic acids is 1. The number of rotatable bonds is 14. The van der Waals surface area contributed by atoms with Crippen molar-refractivity contribution in [2.75, 3.05) is 45.9 Å². The predicted molar refractivity (Wildman–Crippen MR) is 166 cm³/mol. The van der Waals surface area contributed by atoms with Gasteiger partial charge in [0.2, 0.25) is 17.7 Å². The molecule has 2 aromatic rings. The van der Waals surface area contributed by atoms with E-state index in [-0.39, 0.29) is 50.1 Å². The summed E-state index contributed by atoms with van der Waals surface area (Å²) in [6, 6.07) is 8.25. The summed E-state index contributed by atoms with van der Waals surface area (Å²) in [5, 5.41) is 28.3. The Labute approximate surface area is 271 Å². The maximum atomic E-state index is 13.4. The third-order valence-electron chi connectivity index (χ3n) is 8.07. The molecule has 254 valence electrons. The Bertz CT molecular complexity index is 1440. The van der Waals surface area contributed by atoms with Crippen molar-refractivity contribution in [2.45, 2.75) is 57.5 Å². The zero-order valence-electron chi connectivity index (χ0n) is 26.3. The highest BCUT2D eigenvalue weighted by Gasteiger charge is 2.35. The van der Waals surface area contributed by atoms with Crippen LogP contribution in [0, 0.1) is 0 Å². The van der Waals surface area contributed by atoms with Gasteiger partial charge in [-0.3, -0.25) is 24.0 Å². The molecule has 0 unspecified atom stereocenters. The topological polar surface area (TPSA) is 204 Å². The first-order valence-electron chi connectivity index (χ1n) is 15.7. The maximum absolute atomic E-state index is 13.4. The van der Waals surface area contributed by atoms with Gasteiger partial charge in [-0.2, -0.15) is 5.10 Å². The van der Waals surface area contributed by atoms with E-state index in [0.29, 0.717) is 31.6 Å². The van der Waals surface area contributed by atoms with Crippen LogP contribution in [-0.2, 0) is 19.2 Å². The standard InChI is InChI=1S/C31H41N7O9/c1-2-3-13-32-29(43)24-10-7-14-37(24)25(39)20-47-26-19-23(34-38(26)21-8-5-4-6-9-21)28(42)33-22(11-12-27(40)41)30(44)35-15-17-36(18-16-35)31(45)46/h4-6,8-9,19,22,24H,2-3,7,10-18,20H2,1H3,(H,32,43)(H,33,42)(H,40,41)(H,45,46)/t22-,24-/m0/s1. The number of aromatic nitrogens is 2. The molecular formula is C31H41N7O9. The van der Waals surface area contributed by atoms with Crippen molar-refractivity contribution in [1.82, 2.24) is 35.1 Å². The first-order chi connectivity index (χ1) is 22.6. The molecule has 0 bridgehead atoms. The monoisotopic (exact) mass is 655 g/mol. The highest BCUT2D eigenvalue weighted by atomic mass is 16.5. The molecule has 1 aromatic carbocycles. The molecule has 2 aliphatic heterocycles. The van der Waals surface area contributed by atoms with Crippen molar-refractivity contribution in [3.8, 4) is 11.6 Å². The summed E-state index contributed by atoms with van der Waals surface area (Å²) >= 11 is 0. The summed E-state index contributed by atoms with van der Waals surface area (Å²) in [4.78, 5) is 79.3. The van der Waals surface area contributed by atoms with E-state index in [9.17, 15) is 39.0 Å². The number of nitrogens with one attached hydrogen (secondary N) is 2. The second-order valence-electron chi connectivity index (χ2n) is 11.3. The molecule has 2 atom stereocenters. The van der Waals surface area contributed by atoms with Gasteiger partial charge in [0.25, 0.3) is 11.8 Å². The Morgan fingerprint density at radius 1 is 1.00 bits per heavy atom. The molecule has 0 saturated carbocycles. The van der Waals surface area contributed by atoms with Crippen molar-refractivity contribution in [2.24, 2.45) is 0 Å². The minimum atomic E-state index is -1.21. The minimum absolute atomic E-state index is 0.0658. The lowest BCUT2D eigenvalue weighted by atomic mass is 10.1. The van der Waals surface area contributed by atoms with Crippen molar-refractivity contribution < 1.29 is 43.7 Å². The van der Waals surface area contributed by atoms with Gasteiger partial charge in [0.05, 0.1) is 5.69 Å². The summed E-state index contributed by atoms with van der Waals surface area (Å²) in [7, 11) is 0. The van der Waals surface area contributed by atoms with Crippen molar-refractivity contribution in [3.63, 3.8) is 0 Å². The number of ether oxygens (including phenoxy) is 1. The van der Waals surface area contributed by atoms with Gasteiger partial charge in [-0.05, 0) is 37.8 Å². The summed E-state index contributed by atoms with van der Waals surface area (Å²) in [6.07, 6.45) is 1.31. The zero-order valence-corrected chi connectivity index (χ0v) is 26.3. The Morgan fingerprint density at radius 2 is 1.70 bits per heavy atom. The lowest BCUT2D eigenvalue weighted by Gasteiger charge is -2.35. The average molecular weight is 656 g/mol. The van der Waals surface area contributed by atoms with E-state index in [1.165, 1.54) is 25.4 Å². The van der Waals surface area contributed by atoms with E-state index in [2.05, 4.69) is 15.7 Å². The Morgan fingerprint density at radius 3 is 2.36 bits per heavy atom. The number of para-hydroxylation sites is 1. The molecule has 5 amide bonds. The van der Waals surface area contributed by atoms with Crippen LogP contribution in [0.2, 0.25) is 0 Å². The number of hydrogen-bond donors (Lipinski definition) is 4. The second-order valence-corrected chi connectivity index (χ2v) is 11.3. The molecule has 2 fully saturated rings. The summed E-state index contributed by atoms with van der Waals surface area (Å²) in [6.45, 7) is 2.92. The van der Waals surface area contributed by atoms with Crippen molar-refractivity contribution in [3.05, 3.63) is 42.1 Å². The van der Waals surface area contributed by atoms with Crippen LogP contribution >= 0.6 is 0 Å². The SMILES string of the molecule is CCCCNC(=O)[C@@H]1CCCN1C(=O)COc1cc(C(=O)N[C@@H](CCC(=O)O)C(=O)N2CCN(C(=O)O)CC2)nn1-c1ccccc1. The van der Waals surface area contributed by atoms with E-state index < -0.39 is 54.9 Å². The molecule has 4 N–H and O–H groups in total. The molecule has 16 heteroatoms. The van der Waals surface area contributed by atoms with Crippen LogP contribution in [0.5, 0.6) is 5.88 Å². The van der Waals surface area contributed by atoms with Crippen LogP contribution in [0.25, 0.3) is 5.69 Å². The van der Waals surface area contributed by atoms with Crippen LogP contribution < -0.4 is 15.4 Å². The minimum Gasteiger partial charge on any atom is -0.481 e. The third-order valence-corrected chi connectivity index (χ3v) is 8.07. The van der Waals surface area contributed by atoms with E-state index in [1.54, 1.807) is 30.3 Å². The van der Waals surface area contributed by atoms with Gasteiger partial charge in [0.15, 0.2) is 12.3 Å². The number of nitrogens with zero attached hydrogens (tertiary/aromatic N) is 5. The predicted octanol–water partition coefficient (Wildman–Crippen LogP) is 0.944. The fourth-order valence-electron chi connectivity index (χ4n) is 5.49. The van der Waals surface area contributed by atoms with Gasteiger partial charge in [-0.1, -0.05) is 31.5 Å². The molecule has 3 heterocycles. The smallest absolute Gasteiger partial charge is 0.407 e. The van der Waals surface area contributed by atoms with Gasteiger partial charge in [-0.25, -0.2) is 9.48 Å². The van der Waals surface area contributed by atoms with Crippen molar-refractivity contribution in [1.29, 1.82) is 0 Å². The second kappa shape index (κ2) is 16.4. The molecular weight excluding hydrogens is 614 g/mol. The van der Waals surface area contributed by atoms with Crippen LogP contribution in [0.3, 0.4) is 0 Å². The summed E-state index contributed by atoms with van der Waals surface area (Å²) in [5.41, 5.74) is 0.382. The quantitative estimate of drug-likeness (QED) is 0.212. The third kappa shape index (κ3) is 9.20. The van der Waals surface area contributed by atoms with Crippen LogP contribution in [0.15, 0.2) is 36.4 Å². The van der Waals surface area contributed by atoms with E-state index >= 15 is 0 Å². The lowest BCUT2D eigenvalue weighted by Crippen LogP contribution is -2.55. The maximum Gasteiger partial charge on any atom is 0.407 e. The normalized spacial score (nSPS) is 16.8. The summed E-state index contributed by atoms with van der Waals surface area (Å²) < 4.78 is 7.20. The van der Waals surface area contributed by atoms with E-state index in [1.807, 2.05) is 6.92 Å². The number of hydrogen-bond acceptors (Lipinski definition) is 8. The van der Waals surface area contributed by atoms with Crippen LogP contribution in [0.4, 0.5) is 4.79 Å². The number of benzene rings is 1. The molecule has 1 aromatic heterocycles. The first-order valence-corrected chi connectivity index (χ1v) is 15.7. The lowest BCUT2D eigenvalue weighted by molar-refractivity contribution is -0.140. The number of unbranched alkanes of at least 4 members (excludes halogenated alkanes) is 1. The highest BCUT2D eigenvalue weighted by Crippen LogP contribution is 2.22. The van der Waals surface area contributed by atoms with Gasteiger partial charge >= 0.3 is 12.1 Å². The van der Waals surface area contributed by atoms with Gasteiger partial charge in [-0.15, -0.1) is 0 Å². The van der Waals surface area contributed by atoms with Crippen LogP contribution in [-0.4, -0.2) is 128 Å². The zero-order chi connectivity index (χ0) is 33.9. The number of piperazine rings is 1. The van der Waals surface area contributed by atoms with Crippen LogP contribution in [0.1, 0.15) is 55.9 Å². The first kappa shape index (κ1) is 34.7. The van der Waals surface area contributed by atoms with E-state index in [0.717, 1.165) is 12.8 Å². The van der Waals surface area contributed by atoms with Gasteiger partial charge in [0.1, 0.15) is 12.1 Å². The molecule has 16 nitrogen and oxygen atoms in total. The Kier molecular flexibility index (Phi) is 12.1. The average Bonchev–Trinajstić information content (AvgIpc) is 3.74. The molecule has 2 aliphatic rings. The highest BCUT2D eigenvalue weighted by molar-refractivity contribution is 5.96. The Hall–Kier alpha value is -5.15. The molecule has 0 radical (unpaired) electrons. The number of carboxylic acids is 1. The number of carbonyl (C=O) groups is 6. The largest absolute Gasteiger partial charge is 0.481 e. The van der Waals surface area contributed by atoms with Gasteiger partial charge in [0, 0.05) is 51.8 Å². The fraction of sp³-hybridized carbons (Fsp3) is 0.516. The number of amides is 5. The molecule has 47 heavy (non-hydrogen) atoms.